The quantitative estimate of drug-likeness (QED) is 0.851. The lowest BCUT2D eigenvalue weighted by Gasteiger charge is -2.24. The largest absolute Gasteiger partial charge is 0.373 e. The molecule has 2 atom stereocenters. The van der Waals surface area contributed by atoms with E-state index in [1.54, 1.807) is 11.3 Å². The fraction of sp³-hybridized carbons (Fsp3) is 0.667. The van der Waals surface area contributed by atoms with Gasteiger partial charge in [0.15, 0.2) is 0 Å². The van der Waals surface area contributed by atoms with Crippen molar-refractivity contribution in [3.8, 4) is 0 Å². The normalized spacial score (nSPS) is 23.9. The smallest absolute Gasteiger partial charge is 0.0888 e. The molecule has 15 heavy (non-hydrogen) atoms. The van der Waals surface area contributed by atoms with Crippen LogP contribution in [-0.2, 0) is 4.74 Å². The van der Waals surface area contributed by atoms with Crippen LogP contribution in [0, 0.1) is 5.92 Å². The summed E-state index contributed by atoms with van der Waals surface area (Å²) < 4.78 is 5.90. The Bertz CT molecular complexity index is 267. The Labute approximate surface area is 95.6 Å². The third-order valence-corrected chi connectivity index (χ3v) is 3.96. The Balaban J connectivity index is 1.73. The van der Waals surface area contributed by atoms with E-state index >= 15 is 0 Å². The molecule has 2 nitrogen and oxygen atoms in total. The van der Waals surface area contributed by atoms with Gasteiger partial charge in [0.2, 0.25) is 0 Å². The Kier molecular flexibility index (Phi) is 4.18. The molecule has 2 rings (SSSR count). The highest BCUT2D eigenvalue weighted by molar-refractivity contribution is 7.10. The van der Waals surface area contributed by atoms with E-state index in [0.29, 0.717) is 5.92 Å². The van der Waals surface area contributed by atoms with Crippen molar-refractivity contribution in [2.75, 3.05) is 19.7 Å². The van der Waals surface area contributed by atoms with Crippen LogP contribution >= 0.6 is 11.3 Å². The first-order chi connectivity index (χ1) is 7.36. The minimum Gasteiger partial charge on any atom is -0.373 e. The van der Waals surface area contributed by atoms with Gasteiger partial charge >= 0.3 is 0 Å². The molecular formula is C12H19NOS. The molecule has 0 saturated carbocycles. The standard InChI is InChI=1S/C12H19NOS/c1-10(12-5-3-7-15-12)14-9-11-4-2-6-13-8-11/h3,5,7,10-11,13H,2,4,6,8-9H2,1H3/t10-,11+/m0/s1. The highest BCUT2D eigenvalue weighted by Gasteiger charge is 2.15. The maximum absolute atomic E-state index is 5.90. The summed E-state index contributed by atoms with van der Waals surface area (Å²) in [6, 6.07) is 4.23. The van der Waals surface area contributed by atoms with Crippen molar-refractivity contribution in [3.05, 3.63) is 22.4 Å². The van der Waals surface area contributed by atoms with Crippen molar-refractivity contribution in [1.29, 1.82) is 0 Å². The molecule has 1 aromatic rings. The zero-order valence-corrected chi connectivity index (χ0v) is 10.1. The number of thiophene rings is 1. The topological polar surface area (TPSA) is 21.3 Å². The summed E-state index contributed by atoms with van der Waals surface area (Å²) in [5, 5.41) is 5.52. The van der Waals surface area contributed by atoms with Gasteiger partial charge in [-0.05, 0) is 43.7 Å². The SMILES string of the molecule is C[C@H](OC[C@@H]1CCCNC1)c1cccs1. The van der Waals surface area contributed by atoms with E-state index in [0.717, 1.165) is 13.2 Å². The van der Waals surface area contributed by atoms with E-state index in [9.17, 15) is 0 Å². The van der Waals surface area contributed by atoms with Crippen LogP contribution in [0.1, 0.15) is 30.7 Å². The maximum atomic E-state index is 5.90. The van der Waals surface area contributed by atoms with Crippen molar-refractivity contribution in [1.82, 2.24) is 5.32 Å². The van der Waals surface area contributed by atoms with Gasteiger partial charge in [0.05, 0.1) is 12.7 Å². The lowest BCUT2D eigenvalue weighted by molar-refractivity contribution is 0.0355. The summed E-state index contributed by atoms with van der Waals surface area (Å²) in [7, 11) is 0. The molecule has 0 amide bonds. The number of hydrogen-bond acceptors (Lipinski definition) is 3. The summed E-state index contributed by atoms with van der Waals surface area (Å²) >= 11 is 1.78. The van der Waals surface area contributed by atoms with Gasteiger partial charge < -0.3 is 10.1 Å². The van der Waals surface area contributed by atoms with Gasteiger partial charge in [-0.2, -0.15) is 0 Å². The zero-order chi connectivity index (χ0) is 10.5. The van der Waals surface area contributed by atoms with Crippen LogP contribution in [0.5, 0.6) is 0 Å². The van der Waals surface area contributed by atoms with E-state index in [-0.39, 0.29) is 6.10 Å². The predicted octanol–water partition coefficient (Wildman–Crippen LogP) is 2.83. The highest BCUT2D eigenvalue weighted by Crippen LogP contribution is 2.23. The summed E-state index contributed by atoms with van der Waals surface area (Å²) in [5.41, 5.74) is 0. The van der Waals surface area contributed by atoms with E-state index in [2.05, 4.69) is 29.8 Å². The molecule has 0 radical (unpaired) electrons. The van der Waals surface area contributed by atoms with E-state index < -0.39 is 0 Å². The number of ether oxygens (including phenoxy) is 1. The summed E-state index contributed by atoms with van der Waals surface area (Å²) in [4.78, 5) is 1.33. The second kappa shape index (κ2) is 5.64. The molecule has 3 heteroatoms. The fourth-order valence-electron chi connectivity index (χ4n) is 1.95. The molecule has 1 aliphatic rings. The van der Waals surface area contributed by atoms with Crippen LogP contribution in [0.15, 0.2) is 17.5 Å². The number of piperidine rings is 1. The van der Waals surface area contributed by atoms with Gasteiger partial charge in [0.1, 0.15) is 0 Å². The average molecular weight is 225 g/mol. The Hall–Kier alpha value is -0.380. The highest BCUT2D eigenvalue weighted by atomic mass is 32.1. The molecule has 2 heterocycles. The second-order valence-electron chi connectivity index (χ2n) is 4.20. The monoisotopic (exact) mass is 225 g/mol. The first kappa shape index (κ1) is 11.1. The number of rotatable bonds is 4. The lowest BCUT2D eigenvalue weighted by atomic mass is 10.0. The molecule has 1 fully saturated rings. The summed E-state index contributed by atoms with van der Waals surface area (Å²) in [6.45, 7) is 5.34. The molecule has 1 N–H and O–H groups in total. The molecule has 84 valence electrons. The average Bonchev–Trinajstić information content (AvgIpc) is 2.81. The molecule has 0 unspecified atom stereocenters. The van der Waals surface area contributed by atoms with E-state index in [4.69, 9.17) is 4.74 Å². The molecular weight excluding hydrogens is 206 g/mol. The number of hydrogen-bond donors (Lipinski definition) is 1. The molecule has 1 aliphatic heterocycles. The molecule has 0 aliphatic carbocycles. The van der Waals surface area contributed by atoms with Crippen LogP contribution in [0.25, 0.3) is 0 Å². The van der Waals surface area contributed by atoms with Crippen LogP contribution in [0.2, 0.25) is 0 Å². The Morgan fingerprint density at radius 3 is 3.27 bits per heavy atom. The predicted molar refractivity (Wildman–Crippen MR) is 64.3 cm³/mol. The van der Waals surface area contributed by atoms with Gasteiger partial charge in [0, 0.05) is 11.4 Å². The first-order valence-corrected chi connectivity index (χ1v) is 6.60. The molecule has 1 aromatic heterocycles. The van der Waals surface area contributed by atoms with Crippen LogP contribution in [0.4, 0.5) is 0 Å². The second-order valence-corrected chi connectivity index (χ2v) is 5.18. The third-order valence-electron chi connectivity index (χ3n) is 2.92. The molecule has 0 aromatic carbocycles. The minimum atomic E-state index is 0.256. The van der Waals surface area contributed by atoms with Crippen molar-refractivity contribution in [2.45, 2.75) is 25.9 Å². The van der Waals surface area contributed by atoms with Crippen molar-refractivity contribution in [3.63, 3.8) is 0 Å². The van der Waals surface area contributed by atoms with Crippen LogP contribution < -0.4 is 5.32 Å². The van der Waals surface area contributed by atoms with Crippen molar-refractivity contribution in [2.24, 2.45) is 5.92 Å². The fourth-order valence-corrected chi connectivity index (χ4v) is 2.68. The number of nitrogens with one attached hydrogen (secondary N) is 1. The van der Waals surface area contributed by atoms with E-state index in [1.165, 1.54) is 24.3 Å². The Morgan fingerprint density at radius 2 is 2.60 bits per heavy atom. The van der Waals surface area contributed by atoms with Crippen LogP contribution in [-0.4, -0.2) is 19.7 Å². The minimum absolute atomic E-state index is 0.256. The van der Waals surface area contributed by atoms with Crippen LogP contribution in [0.3, 0.4) is 0 Å². The van der Waals surface area contributed by atoms with Gasteiger partial charge in [-0.25, -0.2) is 0 Å². The van der Waals surface area contributed by atoms with Crippen molar-refractivity contribution >= 4 is 11.3 Å². The molecule has 0 spiro atoms. The van der Waals surface area contributed by atoms with Gasteiger partial charge in [-0.1, -0.05) is 6.07 Å². The Morgan fingerprint density at radius 1 is 1.67 bits per heavy atom. The first-order valence-electron chi connectivity index (χ1n) is 5.72. The van der Waals surface area contributed by atoms with E-state index in [1.807, 2.05) is 0 Å². The third kappa shape index (κ3) is 3.30. The summed E-state index contributed by atoms with van der Waals surface area (Å²) in [5.74, 6) is 0.709. The summed E-state index contributed by atoms with van der Waals surface area (Å²) in [6.07, 6.45) is 2.86. The maximum Gasteiger partial charge on any atom is 0.0888 e. The van der Waals surface area contributed by atoms with Gasteiger partial charge in [-0.3, -0.25) is 0 Å². The van der Waals surface area contributed by atoms with Gasteiger partial charge in [0.25, 0.3) is 0 Å². The van der Waals surface area contributed by atoms with Gasteiger partial charge in [-0.15, -0.1) is 11.3 Å². The molecule has 1 saturated heterocycles. The van der Waals surface area contributed by atoms with Crippen molar-refractivity contribution < 1.29 is 4.74 Å². The molecule has 0 bridgehead atoms. The zero-order valence-electron chi connectivity index (χ0n) is 9.24. The lowest BCUT2D eigenvalue weighted by Crippen LogP contribution is -2.32.